The number of hydrogen-bond acceptors (Lipinski definition) is 3. The molecule has 0 radical (unpaired) electrons. The van der Waals surface area contributed by atoms with E-state index in [1.54, 1.807) is 0 Å². The molecule has 1 nitrogen and oxygen atoms in total. The van der Waals surface area contributed by atoms with Gasteiger partial charge in [0.1, 0.15) is 0 Å². The van der Waals surface area contributed by atoms with Crippen molar-refractivity contribution in [3.05, 3.63) is 56.7 Å². The van der Waals surface area contributed by atoms with Gasteiger partial charge in [0.2, 0.25) is 0 Å². The maximum atomic E-state index is 6.31. The van der Waals surface area contributed by atoms with Gasteiger partial charge in [-0.2, -0.15) is 0 Å². The average Bonchev–Trinajstić information content (AvgIpc) is 2.87. The largest absolute Gasteiger partial charge is 0.326 e. The normalized spacial score (nSPS) is 14.2. The molecule has 2 rings (SSSR count). The van der Waals surface area contributed by atoms with E-state index >= 15 is 0 Å². The van der Waals surface area contributed by atoms with Crippen LogP contribution in [-0.2, 0) is 5.75 Å². The van der Waals surface area contributed by atoms with Crippen molar-refractivity contribution in [2.24, 2.45) is 5.73 Å². The van der Waals surface area contributed by atoms with Crippen molar-refractivity contribution < 1.29 is 0 Å². The van der Waals surface area contributed by atoms with Crippen molar-refractivity contribution in [1.29, 1.82) is 0 Å². The third kappa shape index (κ3) is 4.01. The minimum atomic E-state index is 0.181. The summed E-state index contributed by atoms with van der Waals surface area (Å²) >= 11 is 9.96. The zero-order valence-electron chi connectivity index (χ0n) is 11.8. The summed E-state index contributed by atoms with van der Waals surface area (Å²) < 4.78 is 0. The second-order valence-electron chi connectivity index (χ2n) is 4.84. The number of nitrogens with two attached hydrogens (primary N) is 1. The monoisotopic (exact) mass is 325 g/mol. The fourth-order valence-electron chi connectivity index (χ4n) is 2.03. The molecule has 108 valence electrons. The molecule has 0 fully saturated rings. The number of aryl methyl sites for hydroxylation is 1. The third-order valence-electron chi connectivity index (χ3n) is 3.28. The van der Waals surface area contributed by atoms with Gasteiger partial charge in [-0.25, -0.2) is 0 Å². The summed E-state index contributed by atoms with van der Waals surface area (Å²) in [5.41, 5.74) is 7.49. The molecule has 2 atom stereocenters. The molecular formula is C16H20ClNS2. The Kier molecular flexibility index (Phi) is 5.97. The molecule has 0 amide bonds. The van der Waals surface area contributed by atoms with E-state index in [-0.39, 0.29) is 6.04 Å². The molecule has 1 heterocycles. The zero-order valence-corrected chi connectivity index (χ0v) is 14.2. The Morgan fingerprint density at radius 2 is 2.00 bits per heavy atom. The first-order valence-electron chi connectivity index (χ1n) is 6.78. The second kappa shape index (κ2) is 7.51. The van der Waals surface area contributed by atoms with Crippen molar-refractivity contribution in [2.75, 3.05) is 0 Å². The van der Waals surface area contributed by atoms with Gasteiger partial charge in [-0.15, -0.1) is 23.1 Å². The van der Waals surface area contributed by atoms with E-state index in [2.05, 4.69) is 32.0 Å². The lowest BCUT2D eigenvalue weighted by atomic mass is 10.1. The van der Waals surface area contributed by atoms with Gasteiger partial charge in [-0.05, 0) is 37.1 Å². The number of halogens is 1. The summed E-state index contributed by atoms with van der Waals surface area (Å²) in [6.07, 6.45) is 0.983. The number of hydrogen-bond donors (Lipinski definition) is 1. The van der Waals surface area contributed by atoms with Crippen LogP contribution in [0.25, 0.3) is 0 Å². The summed E-state index contributed by atoms with van der Waals surface area (Å²) in [6, 6.07) is 12.6. The van der Waals surface area contributed by atoms with Crippen LogP contribution in [0.15, 0.2) is 36.4 Å². The topological polar surface area (TPSA) is 26.0 Å². The first kappa shape index (κ1) is 15.9. The molecule has 2 aromatic rings. The van der Waals surface area contributed by atoms with Crippen LogP contribution in [0.4, 0.5) is 0 Å². The van der Waals surface area contributed by atoms with E-state index in [0.717, 1.165) is 17.2 Å². The lowest BCUT2D eigenvalue weighted by molar-refractivity contribution is 0.640. The first-order valence-corrected chi connectivity index (χ1v) is 9.03. The number of benzene rings is 1. The second-order valence-corrected chi connectivity index (χ2v) is 7.70. The summed E-state index contributed by atoms with van der Waals surface area (Å²) in [4.78, 5) is 2.71. The minimum Gasteiger partial charge on any atom is -0.326 e. The molecular weight excluding hydrogens is 306 g/mol. The van der Waals surface area contributed by atoms with Gasteiger partial charge in [0.15, 0.2) is 0 Å². The molecule has 0 saturated heterocycles. The van der Waals surface area contributed by atoms with E-state index < -0.39 is 0 Å². The van der Waals surface area contributed by atoms with Crippen molar-refractivity contribution >= 4 is 34.7 Å². The fourth-order valence-corrected chi connectivity index (χ4v) is 4.89. The molecule has 2 N–H and O–H groups in total. The van der Waals surface area contributed by atoms with Gasteiger partial charge in [0.25, 0.3) is 0 Å². The average molecular weight is 326 g/mol. The van der Waals surface area contributed by atoms with E-state index in [4.69, 9.17) is 17.3 Å². The summed E-state index contributed by atoms with van der Waals surface area (Å²) in [5.74, 6) is 0.898. The van der Waals surface area contributed by atoms with Crippen molar-refractivity contribution in [1.82, 2.24) is 0 Å². The molecule has 1 aromatic heterocycles. The molecule has 4 heteroatoms. The maximum absolute atomic E-state index is 6.31. The van der Waals surface area contributed by atoms with Crippen LogP contribution in [0.5, 0.6) is 0 Å². The lowest BCUT2D eigenvalue weighted by Gasteiger charge is -2.21. The fraction of sp³-hybridized carbons (Fsp3) is 0.375. The lowest BCUT2D eigenvalue weighted by Crippen LogP contribution is -2.25. The smallest absolute Gasteiger partial charge is 0.0545 e. The van der Waals surface area contributed by atoms with Crippen molar-refractivity contribution in [3.63, 3.8) is 0 Å². The van der Waals surface area contributed by atoms with Gasteiger partial charge in [0, 0.05) is 26.6 Å². The predicted octanol–water partition coefficient (Wildman–Crippen LogP) is 5.42. The van der Waals surface area contributed by atoms with Crippen LogP contribution in [0.2, 0.25) is 5.02 Å². The summed E-state index contributed by atoms with van der Waals surface area (Å²) in [7, 11) is 0. The maximum Gasteiger partial charge on any atom is 0.0545 e. The Bertz CT molecular complexity index is 553. The molecule has 0 saturated carbocycles. The highest BCUT2D eigenvalue weighted by Crippen LogP contribution is 2.39. The Labute approximate surface area is 134 Å². The molecule has 0 aliphatic rings. The Hall–Kier alpha value is -0.480. The third-order valence-corrected chi connectivity index (χ3v) is 6.32. The SMILES string of the molecule is CCC(N)C(SCc1ccccc1Cl)c1ccc(C)s1. The van der Waals surface area contributed by atoms with Crippen LogP contribution in [0, 0.1) is 6.92 Å². The highest BCUT2D eigenvalue weighted by molar-refractivity contribution is 7.98. The Morgan fingerprint density at radius 1 is 1.25 bits per heavy atom. The standard InChI is InChI=1S/C16H20ClNS2/c1-3-14(18)16(15-9-8-11(2)20-15)19-10-12-6-4-5-7-13(12)17/h4-9,14,16H,3,10,18H2,1-2H3. The zero-order chi connectivity index (χ0) is 14.5. The predicted molar refractivity (Wildman–Crippen MR) is 92.8 cm³/mol. The van der Waals surface area contributed by atoms with Gasteiger partial charge < -0.3 is 5.73 Å². The van der Waals surface area contributed by atoms with E-state index in [1.807, 2.05) is 41.3 Å². The number of rotatable bonds is 6. The van der Waals surface area contributed by atoms with Gasteiger partial charge >= 0.3 is 0 Å². The summed E-state index contributed by atoms with van der Waals surface area (Å²) in [6.45, 7) is 4.29. The molecule has 1 aromatic carbocycles. The quantitative estimate of drug-likeness (QED) is 0.767. The van der Waals surface area contributed by atoms with E-state index in [9.17, 15) is 0 Å². The molecule has 0 aliphatic heterocycles. The van der Waals surface area contributed by atoms with Gasteiger partial charge in [0.05, 0.1) is 5.25 Å². The first-order chi connectivity index (χ1) is 9.61. The number of thioether (sulfide) groups is 1. The van der Waals surface area contributed by atoms with E-state index in [1.165, 1.54) is 15.3 Å². The van der Waals surface area contributed by atoms with Gasteiger partial charge in [-0.3, -0.25) is 0 Å². The molecule has 0 bridgehead atoms. The minimum absolute atomic E-state index is 0.181. The van der Waals surface area contributed by atoms with Crippen LogP contribution in [-0.4, -0.2) is 6.04 Å². The molecule has 0 aliphatic carbocycles. The van der Waals surface area contributed by atoms with Gasteiger partial charge in [-0.1, -0.05) is 36.7 Å². The van der Waals surface area contributed by atoms with Crippen LogP contribution in [0.1, 0.15) is 33.9 Å². The Balaban J connectivity index is 2.11. The van der Waals surface area contributed by atoms with Crippen LogP contribution in [0.3, 0.4) is 0 Å². The highest BCUT2D eigenvalue weighted by atomic mass is 35.5. The van der Waals surface area contributed by atoms with Crippen LogP contribution < -0.4 is 5.73 Å². The van der Waals surface area contributed by atoms with Crippen molar-refractivity contribution in [2.45, 2.75) is 37.3 Å². The van der Waals surface area contributed by atoms with Crippen molar-refractivity contribution in [3.8, 4) is 0 Å². The molecule has 20 heavy (non-hydrogen) atoms. The molecule has 0 spiro atoms. The Morgan fingerprint density at radius 3 is 2.60 bits per heavy atom. The highest BCUT2D eigenvalue weighted by Gasteiger charge is 2.21. The van der Waals surface area contributed by atoms with Crippen LogP contribution >= 0.6 is 34.7 Å². The van der Waals surface area contributed by atoms with E-state index in [0.29, 0.717) is 5.25 Å². The number of thiophene rings is 1. The summed E-state index contributed by atoms with van der Waals surface area (Å²) in [5, 5.41) is 1.18. The molecule has 2 unspecified atom stereocenters.